The zero-order valence-electron chi connectivity index (χ0n) is 18.4. The molecule has 1 aliphatic carbocycles. The summed E-state index contributed by atoms with van der Waals surface area (Å²) in [7, 11) is 0. The Morgan fingerprint density at radius 3 is 2.68 bits per heavy atom. The van der Waals surface area contributed by atoms with Gasteiger partial charge in [0.25, 0.3) is 5.91 Å². The smallest absolute Gasteiger partial charge is 0.404 e. The first kappa shape index (κ1) is 23.0. The maximum Gasteiger partial charge on any atom is 0.404 e. The van der Waals surface area contributed by atoms with Crippen LogP contribution in [0.3, 0.4) is 0 Å². The van der Waals surface area contributed by atoms with Crippen molar-refractivity contribution in [3.63, 3.8) is 0 Å². The summed E-state index contributed by atoms with van der Waals surface area (Å²) in [6, 6.07) is 3.63. The Kier molecular flexibility index (Phi) is 6.57. The van der Waals surface area contributed by atoms with Crippen LogP contribution in [-0.2, 0) is 0 Å². The van der Waals surface area contributed by atoms with Crippen LogP contribution in [0.2, 0.25) is 0 Å². The molecule has 1 fully saturated rings. The predicted octanol–water partition coefficient (Wildman–Crippen LogP) is 2.88. The molecule has 6 N–H and O–H groups in total. The molecule has 0 bridgehead atoms. The van der Waals surface area contributed by atoms with Crippen LogP contribution in [0.4, 0.5) is 26.5 Å². The molecule has 2 amide bonds. The van der Waals surface area contributed by atoms with Gasteiger partial charge in [0.2, 0.25) is 0 Å². The van der Waals surface area contributed by atoms with E-state index in [1.165, 1.54) is 6.20 Å². The Bertz CT molecular complexity index is 1180. The summed E-state index contributed by atoms with van der Waals surface area (Å²) in [6.07, 6.45) is 8.14. The lowest BCUT2D eigenvalue weighted by molar-refractivity contribution is 0.1000. The molecule has 3 aromatic heterocycles. The van der Waals surface area contributed by atoms with Gasteiger partial charge in [-0.1, -0.05) is 6.42 Å². The summed E-state index contributed by atoms with van der Waals surface area (Å²) in [4.78, 5) is 31.6. The topological polar surface area (TPSA) is 160 Å². The Morgan fingerprint density at radius 2 is 2.06 bits per heavy atom. The van der Waals surface area contributed by atoms with Crippen LogP contribution in [0.15, 0.2) is 43.0 Å². The van der Waals surface area contributed by atoms with Gasteiger partial charge in [-0.25, -0.2) is 18.9 Å². The summed E-state index contributed by atoms with van der Waals surface area (Å²) < 4.78 is 16.5. The third-order valence-electron chi connectivity index (χ3n) is 5.85. The first-order chi connectivity index (χ1) is 16.3. The number of nitrogens with two attached hydrogens (primary N) is 1. The van der Waals surface area contributed by atoms with E-state index in [-0.39, 0.29) is 29.2 Å². The van der Waals surface area contributed by atoms with E-state index in [4.69, 9.17) is 10.8 Å². The second kappa shape index (κ2) is 9.73. The third-order valence-corrected chi connectivity index (χ3v) is 5.85. The van der Waals surface area contributed by atoms with Crippen LogP contribution in [0.25, 0.3) is 5.69 Å². The number of hydrogen-bond acceptors (Lipinski definition) is 7. The number of carbonyl (C=O) groups excluding carboxylic acids is 1. The van der Waals surface area contributed by atoms with E-state index in [0.717, 1.165) is 25.3 Å². The molecule has 3 heterocycles. The summed E-state index contributed by atoms with van der Waals surface area (Å²) in [5.41, 5.74) is 6.48. The minimum absolute atomic E-state index is 0.0435. The number of amides is 2. The number of carbonyl (C=O) groups is 2. The number of nitrogens with zero attached hydrogens (tertiary/aromatic N) is 4. The highest BCUT2D eigenvalue weighted by Crippen LogP contribution is 2.34. The zero-order valence-corrected chi connectivity index (χ0v) is 18.4. The van der Waals surface area contributed by atoms with E-state index in [0.29, 0.717) is 11.4 Å². The molecule has 0 aromatic carbocycles. The fourth-order valence-corrected chi connectivity index (χ4v) is 3.95. The van der Waals surface area contributed by atoms with Crippen molar-refractivity contribution in [1.82, 2.24) is 25.1 Å². The lowest BCUT2D eigenvalue weighted by atomic mass is 9.77. The summed E-state index contributed by atoms with van der Waals surface area (Å²) >= 11 is 0. The Hall–Kier alpha value is -4.22. The maximum absolute atomic E-state index is 14.9. The van der Waals surface area contributed by atoms with Crippen LogP contribution in [-0.4, -0.2) is 48.9 Å². The number of carboxylic acid groups (broad SMARTS) is 1. The minimum atomic E-state index is -1.16. The highest BCUT2D eigenvalue weighted by atomic mass is 19.1. The molecule has 2 atom stereocenters. The number of anilines is 3. The minimum Gasteiger partial charge on any atom is -0.465 e. The van der Waals surface area contributed by atoms with Crippen LogP contribution >= 0.6 is 0 Å². The molecule has 12 heteroatoms. The number of primary amides is 1. The van der Waals surface area contributed by atoms with Crippen molar-refractivity contribution in [3.8, 4) is 5.69 Å². The van der Waals surface area contributed by atoms with Crippen LogP contribution in [0.5, 0.6) is 0 Å². The van der Waals surface area contributed by atoms with E-state index >= 15 is 0 Å². The highest BCUT2D eigenvalue weighted by molar-refractivity contribution is 5.98. The van der Waals surface area contributed by atoms with Crippen LogP contribution < -0.4 is 21.7 Å². The highest BCUT2D eigenvalue weighted by Gasteiger charge is 2.33. The molecule has 0 spiro atoms. The lowest BCUT2D eigenvalue weighted by Crippen LogP contribution is -2.50. The third kappa shape index (κ3) is 5.05. The molecule has 4 rings (SSSR count). The van der Waals surface area contributed by atoms with E-state index in [1.807, 2.05) is 0 Å². The number of nitrogens with one attached hydrogen (secondary N) is 3. The van der Waals surface area contributed by atoms with Crippen molar-refractivity contribution in [2.45, 2.75) is 38.3 Å². The summed E-state index contributed by atoms with van der Waals surface area (Å²) in [5, 5.41) is 21.7. The number of rotatable bonds is 9. The predicted molar refractivity (Wildman–Crippen MR) is 123 cm³/mol. The number of halogens is 1. The van der Waals surface area contributed by atoms with E-state index < -0.39 is 23.9 Å². The van der Waals surface area contributed by atoms with Gasteiger partial charge < -0.3 is 26.8 Å². The fourth-order valence-electron chi connectivity index (χ4n) is 3.95. The van der Waals surface area contributed by atoms with Gasteiger partial charge in [0.1, 0.15) is 5.82 Å². The molecule has 0 saturated heterocycles. The van der Waals surface area contributed by atoms with Crippen LogP contribution in [0.1, 0.15) is 36.5 Å². The van der Waals surface area contributed by atoms with Crippen molar-refractivity contribution in [2.24, 2.45) is 11.7 Å². The molecule has 0 radical (unpaired) electrons. The van der Waals surface area contributed by atoms with E-state index in [2.05, 4.69) is 31.0 Å². The number of aromatic nitrogens is 4. The summed E-state index contributed by atoms with van der Waals surface area (Å²) in [6.45, 7) is 1.71. The molecule has 178 valence electrons. The van der Waals surface area contributed by atoms with Crippen molar-refractivity contribution in [1.29, 1.82) is 0 Å². The van der Waals surface area contributed by atoms with Crippen molar-refractivity contribution in [2.75, 3.05) is 10.6 Å². The first-order valence-electron chi connectivity index (χ1n) is 10.8. The monoisotopic (exact) mass is 468 g/mol. The molecule has 0 unspecified atom stereocenters. The normalized spacial score (nSPS) is 15.1. The Balaban J connectivity index is 1.64. The molecule has 1 saturated carbocycles. The van der Waals surface area contributed by atoms with Crippen LogP contribution in [0, 0.1) is 11.7 Å². The molecule has 3 aromatic rings. The number of pyridine rings is 2. The van der Waals surface area contributed by atoms with Gasteiger partial charge in [0, 0.05) is 18.4 Å². The van der Waals surface area contributed by atoms with E-state index in [9.17, 15) is 14.0 Å². The second-order valence-electron chi connectivity index (χ2n) is 8.19. The van der Waals surface area contributed by atoms with E-state index in [1.54, 1.807) is 42.3 Å². The standard InChI is InChI=1S/C22H25FN8O3/c1-12(27-22(33)34)18(13-4-2-5-13)29-21-17(23)9-16(19(24)32)20(30-21)28-14-8-15(11-25-10-14)31-7-3-6-26-31/h3,6-13,18,27H,2,4-5H2,1H3,(H2,24,32)(H,33,34)(H2,28,29,30)/t12-,18-/m0/s1. The van der Waals surface area contributed by atoms with Crippen molar-refractivity contribution >= 4 is 29.3 Å². The lowest BCUT2D eigenvalue weighted by Gasteiger charge is -2.38. The van der Waals surface area contributed by atoms with Gasteiger partial charge in [-0.3, -0.25) is 9.78 Å². The molecule has 0 aliphatic heterocycles. The summed E-state index contributed by atoms with van der Waals surface area (Å²) in [5.74, 6) is -1.53. The van der Waals surface area contributed by atoms with Gasteiger partial charge in [-0.15, -0.1) is 0 Å². The number of hydrogen-bond donors (Lipinski definition) is 5. The molecular weight excluding hydrogens is 443 g/mol. The fraction of sp³-hybridized carbons (Fsp3) is 0.318. The average Bonchev–Trinajstić information content (AvgIpc) is 3.28. The Morgan fingerprint density at radius 1 is 1.26 bits per heavy atom. The van der Waals surface area contributed by atoms with Gasteiger partial charge in [0.05, 0.1) is 35.4 Å². The quantitative estimate of drug-likeness (QED) is 0.320. The van der Waals surface area contributed by atoms with Gasteiger partial charge in [-0.2, -0.15) is 5.10 Å². The average molecular weight is 468 g/mol. The van der Waals surface area contributed by atoms with Gasteiger partial charge in [-0.05, 0) is 43.9 Å². The van der Waals surface area contributed by atoms with Crippen molar-refractivity contribution < 1.29 is 19.1 Å². The largest absolute Gasteiger partial charge is 0.465 e. The Labute approximate surface area is 194 Å². The molecule has 1 aliphatic rings. The SMILES string of the molecule is C[C@H](NC(=O)O)[C@H](Nc1nc(Nc2cncc(-n3cccn3)c2)c(C(N)=O)cc1F)C1CCC1. The van der Waals surface area contributed by atoms with Crippen molar-refractivity contribution in [3.05, 3.63) is 54.4 Å². The first-order valence-corrected chi connectivity index (χ1v) is 10.8. The molecular formula is C22H25FN8O3. The van der Waals surface area contributed by atoms with Gasteiger partial charge >= 0.3 is 6.09 Å². The molecule has 34 heavy (non-hydrogen) atoms. The van der Waals surface area contributed by atoms with Gasteiger partial charge in [0.15, 0.2) is 11.6 Å². The zero-order chi connectivity index (χ0) is 24.2. The second-order valence-corrected chi connectivity index (χ2v) is 8.19. The maximum atomic E-state index is 14.9. The molecule has 11 nitrogen and oxygen atoms in total.